The normalized spacial score (nSPS) is 55.1. The molecule has 1 unspecified atom stereocenters. The molecule has 0 aliphatic heterocycles. The van der Waals surface area contributed by atoms with Crippen molar-refractivity contribution in [2.75, 3.05) is 6.26 Å². The second-order valence-corrected chi connectivity index (χ2v) is 12.7. The van der Waals surface area contributed by atoms with Gasteiger partial charge < -0.3 is 0 Å². The lowest BCUT2D eigenvalue weighted by molar-refractivity contribution is -0.195. The third-order valence-corrected chi connectivity index (χ3v) is 10.4. The van der Waals surface area contributed by atoms with Crippen LogP contribution in [-0.4, -0.2) is 32.3 Å². The molecule has 6 rings (SSSR count). The number of fused-ring (bicyclic) bond motifs is 1. The summed E-state index contributed by atoms with van der Waals surface area (Å²) in [7, 11) is -3.64. The summed E-state index contributed by atoms with van der Waals surface area (Å²) < 4.78 is 29.9. The van der Waals surface area contributed by atoms with E-state index in [9.17, 15) is 18.0 Å². The predicted molar refractivity (Wildman–Crippen MR) is 99.2 cm³/mol. The molecule has 6 fully saturated rings. The monoisotopic (exact) mass is 394 g/mol. The van der Waals surface area contributed by atoms with Crippen molar-refractivity contribution in [3.63, 3.8) is 0 Å². The molecule has 0 heterocycles. The Morgan fingerprint density at radius 3 is 2.33 bits per heavy atom. The molecule has 0 aromatic rings. The summed E-state index contributed by atoms with van der Waals surface area (Å²) in [6.07, 6.45) is 4.38. The van der Waals surface area contributed by atoms with E-state index in [1.165, 1.54) is 0 Å². The van der Waals surface area contributed by atoms with E-state index >= 15 is 0 Å². The van der Waals surface area contributed by atoms with Crippen LogP contribution in [0.2, 0.25) is 0 Å². The highest BCUT2D eigenvalue weighted by atomic mass is 32.2. The molecular formula is C21H30O5S. The van der Waals surface area contributed by atoms with Gasteiger partial charge in [0.2, 0.25) is 0 Å². The summed E-state index contributed by atoms with van der Waals surface area (Å²) in [5.41, 5.74) is -1.49. The van der Waals surface area contributed by atoms with Gasteiger partial charge in [-0.05, 0) is 48.9 Å². The minimum atomic E-state index is -3.64. The molecule has 0 amide bonds. The quantitative estimate of drug-likeness (QED) is 0.673. The van der Waals surface area contributed by atoms with E-state index < -0.39 is 21.6 Å². The van der Waals surface area contributed by atoms with Gasteiger partial charge in [0.15, 0.2) is 0 Å². The second kappa shape index (κ2) is 4.69. The van der Waals surface area contributed by atoms with Crippen LogP contribution in [-0.2, 0) is 23.9 Å². The highest BCUT2D eigenvalue weighted by Crippen LogP contribution is 2.84. The van der Waals surface area contributed by atoms with Gasteiger partial charge in [0.1, 0.15) is 11.6 Å². The van der Waals surface area contributed by atoms with Crippen molar-refractivity contribution in [3.8, 4) is 0 Å². The molecule has 1 spiro atoms. The van der Waals surface area contributed by atoms with Crippen molar-refractivity contribution in [2.24, 2.45) is 45.3 Å². The van der Waals surface area contributed by atoms with Gasteiger partial charge in [-0.3, -0.25) is 13.8 Å². The summed E-state index contributed by atoms with van der Waals surface area (Å²) >= 11 is 0. The van der Waals surface area contributed by atoms with E-state index in [0.29, 0.717) is 18.6 Å². The summed E-state index contributed by atoms with van der Waals surface area (Å²) in [5, 5.41) is 0. The van der Waals surface area contributed by atoms with Crippen LogP contribution in [0.25, 0.3) is 0 Å². The average molecular weight is 395 g/mol. The van der Waals surface area contributed by atoms with Crippen molar-refractivity contribution in [1.82, 2.24) is 0 Å². The molecule has 4 bridgehead atoms. The molecule has 0 saturated heterocycles. The highest BCUT2D eigenvalue weighted by Gasteiger charge is 2.88. The van der Waals surface area contributed by atoms with Crippen molar-refractivity contribution < 1.29 is 22.2 Å². The summed E-state index contributed by atoms with van der Waals surface area (Å²) in [6.45, 7) is 8.45. The number of rotatable bonds is 2. The zero-order valence-corrected chi connectivity index (χ0v) is 17.7. The number of carbonyl (C=O) groups excluding carboxylic acids is 2. The van der Waals surface area contributed by atoms with Gasteiger partial charge in [0.25, 0.3) is 10.1 Å². The molecule has 6 aliphatic carbocycles. The third-order valence-electron chi connectivity index (χ3n) is 9.84. The van der Waals surface area contributed by atoms with Crippen LogP contribution in [0, 0.1) is 45.3 Å². The van der Waals surface area contributed by atoms with Crippen molar-refractivity contribution in [3.05, 3.63) is 0 Å². The number of hydrogen-bond donors (Lipinski definition) is 0. The van der Waals surface area contributed by atoms with Crippen LogP contribution < -0.4 is 0 Å². The Labute approximate surface area is 161 Å². The second-order valence-electron chi connectivity index (χ2n) is 11.1. The van der Waals surface area contributed by atoms with E-state index in [4.69, 9.17) is 4.18 Å². The van der Waals surface area contributed by atoms with Crippen LogP contribution in [0.5, 0.6) is 0 Å². The molecule has 0 N–H and O–H groups in total. The van der Waals surface area contributed by atoms with Crippen molar-refractivity contribution in [1.29, 1.82) is 0 Å². The Morgan fingerprint density at radius 2 is 1.70 bits per heavy atom. The first-order valence-corrected chi connectivity index (χ1v) is 12.1. The maximum atomic E-state index is 13.6. The lowest BCUT2D eigenvalue weighted by Gasteiger charge is -2.65. The molecule has 0 aromatic heterocycles. The maximum absolute atomic E-state index is 13.6. The van der Waals surface area contributed by atoms with Crippen molar-refractivity contribution in [2.45, 2.75) is 65.9 Å². The third kappa shape index (κ3) is 1.83. The number of hydrogen-bond acceptors (Lipinski definition) is 5. The molecule has 6 heteroatoms. The Kier molecular flexibility index (Phi) is 3.18. The smallest absolute Gasteiger partial charge is 0.264 e. The number of carbonyl (C=O) groups is 2. The first-order valence-electron chi connectivity index (χ1n) is 10.3. The van der Waals surface area contributed by atoms with Gasteiger partial charge in [-0.15, -0.1) is 0 Å². The molecule has 27 heavy (non-hydrogen) atoms. The van der Waals surface area contributed by atoms with Gasteiger partial charge in [0.05, 0.1) is 17.8 Å². The largest absolute Gasteiger partial charge is 0.299 e. The maximum Gasteiger partial charge on any atom is 0.264 e. The van der Waals surface area contributed by atoms with Crippen LogP contribution >= 0.6 is 0 Å². The van der Waals surface area contributed by atoms with E-state index in [-0.39, 0.29) is 45.7 Å². The lowest BCUT2D eigenvalue weighted by atomic mass is 9.39. The van der Waals surface area contributed by atoms with Crippen LogP contribution in [0.3, 0.4) is 0 Å². The lowest BCUT2D eigenvalue weighted by Crippen LogP contribution is -2.65. The predicted octanol–water partition coefficient (Wildman–Crippen LogP) is 2.98. The van der Waals surface area contributed by atoms with Crippen LogP contribution in [0.1, 0.15) is 59.8 Å². The van der Waals surface area contributed by atoms with E-state index in [0.717, 1.165) is 25.5 Å². The molecule has 0 aromatic carbocycles. The first-order chi connectivity index (χ1) is 12.3. The van der Waals surface area contributed by atoms with Crippen LogP contribution in [0.15, 0.2) is 0 Å². The van der Waals surface area contributed by atoms with E-state index in [1.807, 2.05) is 0 Å². The fourth-order valence-corrected chi connectivity index (χ4v) is 9.40. The van der Waals surface area contributed by atoms with Gasteiger partial charge in [-0.25, -0.2) is 0 Å². The molecule has 150 valence electrons. The van der Waals surface area contributed by atoms with E-state index in [2.05, 4.69) is 27.7 Å². The SMILES string of the molecule is CC1(C)C(=O)CC[C@]2(C)[C@H]3C[C@H]4C5C(=O)[C@]3(CC[C@@H]12)[C@@H](OS(C)(=O)=O)[C@]54C. The fourth-order valence-electron chi connectivity index (χ4n) is 8.67. The zero-order valence-electron chi connectivity index (χ0n) is 16.9. The van der Waals surface area contributed by atoms with Gasteiger partial charge in [-0.2, -0.15) is 8.42 Å². The van der Waals surface area contributed by atoms with Crippen LogP contribution in [0.4, 0.5) is 0 Å². The van der Waals surface area contributed by atoms with Crippen molar-refractivity contribution >= 4 is 21.7 Å². The van der Waals surface area contributed by atoms with Gasteiger partial charge in [0, 0.05) is 23.2 Å². The Hall–Kier alpha value is -0.750. The minimum Gasteiger partial charge on any atom is -0.299 e. The molecule has 6 aliphatic rings. The summed E-state index contributed by atoms with van der Waals surface area (Å²) in [6, 6.07) is 0. The zero-order chi connectivity index (χ0) is 19.8. The minimum absolute atomic E-state index is 0.0288. The Balaban J connectivity index is 1.64. The average Bonchev–Trinajstić information content (AvgIpc) is 3.12. The topological polar surface area (TPSA) is 77.5 Å². The molecule has 8 atom stereocenters. The molecule has 0 radical (unpaired) electrons. The highest BCUT2D eigenvalue weighted by molar-refractivity contribution is 7.86. The van der Waals surface area contributed by atoms with Gasteiger partial charge >= 0.3 is 0 Å². The number of Topliss-reactive ketones (excluding diaryl/α,β-unsaturated/α-hetero) is 2. The molecule has 6 saturated carbocycles. The van der Waals surface area contributed by atoms with Gasteiger partial charge in [-0.1, -0.05) is 27.7 Å². The Morgan fingerprint density at radius 1 is 1.04 bits per heavy atom. The number of ketones is 2. The summed E-state index contributed by atoms with van der Waals surface area (Å²) in [4.78, 5) is 26.2. The standard InChI is InChI=1S/C21H30O5S/c1-18(2)12-6-9-21-13(19(12,3)8-7-14(18)22)10-11-15(16(21)23)20(11,4)17(21)26-27(5,24)25/h11-13,15,17H,6-10H2,1-5H3/t11-,12-,13+,15?,17-,19-,20-,21+/m0/s1. The molecular weight excluding hydrogens is 364 g/mol. The first kappa shape index (κ1) is 18.3. The fraction of sp³-hybridized carbons (Fsp3) is 0.905. The molecule has 5 nitrogen and oxygen atoms in total. The Bertz CT molecular complexity index is 875. The van der Waals surface area contributed by atoms with E-state index in [1.54, 1.807) is 0 Å². The summed E-state index contributed by atoms with van der Waals surface area (Å²) in [5.74, 6) is 1.16.